The van der Waals surface area contributed by atoms with Crippen LogP contribution in [-0.4, -0.2) is 11.1 Å². The van der Waals surface area contributed by atoms with Gasteiger partial charge >= 0.3 is 0 Å². The normalized spacial score (nSPS) is 14.6. The van der Waals surface area contributed by atoms with Gasteiger partial charge in [0.25, 0.3) is 11.1 Å². The van der Waals surface area contributed by atoms with Crippen LogP contribution in [0.3, 0.4) is 0 Å². The van der Waals surface area contributed by atoms with Gasteiger partial charge in [0.2, 0.25) is 0 Å². The van der Waals surface area contributed by atoms with Gasteiger partial charge in [0, 0.05) is 19.7 Å². The number of nitriles is 1. The Kier molecular flexibility index (Phi) is 7.63. The lowest BCUT2D eigenvalue weighted by molar-refractivity contribution is -0.113. The van der Waals surface area contributed by atoms with E-state index in [9.17, 15) is 14.9 Å². The molecule has 1 fully saturated rings. The van der Waals surface area contributed by atoms with Crippen LogP contribution in [0.4, 0.5) is 10.5 Å². The Morgan fingerprint density at radius 2 is 1.88 bits per heavy atom. The van der Waals surface area contributed by atoms with Gasteiger partial charge < -0.3 is 4.74 Å². The fourth-order valence-corrected chi connectivity index (χ4v) is 6.25. The van der Waals surface area contributed by atoms with Crippen molar-refractivity contribution in [2.24, 2.45) is 0 Å². The van der Waals surface area contributed by atoms with E-state index in [2.05, 4.69) is 51.3 Å². The van der Waals surface area contributed by atoms with Crippen molar-refractivity contribution in [3.05, 3.63) is 94.4 Å². The van der Waals surface area contributed by atoms with E-state index < -0.39 is 5.91 Å². The molecule has 0 bridgehead atoms. The molecule has 0 unspecified atom stereocenters. The van der Waals surface area contributed by atoms with Gasteiger partial charge in [-0.3, -0.25) is 9.59 Å². The Hall–Kier alpha value is -2.07. The number of thioether (sulfide) groups is 1. The van der Waals surface area contributed by atoms with E-state index in [0.29, 0.717) is 32.5 Å². The third-order valence-corrected chi connectivity index (χ3v) is 7.22. The van der Waals surface area contributed by atoms with Crippen LogP contribution in [0.1, 0.15) is 16.7 Å². The first-order chi connectivity index (χ1) is 15.9. The molecule has 1 heterocycles. The van der Waals surface area contributed by atoms with Gasteiger partial charge in [0.15, 0.2) is 0 Å². The molecular weight excluding hydrogens is 686 g/mol. The minimum Gasteiger partial charge on any atom is -0.487 e. The maximum absolute atomic E-state index is 13.1. The number of hydrogen-bond acceptors (Lipinski definition) is 5. The van der Waals surface area contributed by atoms with Gasteiger partial charge in [-0.1, -0.05) is 35.9 Å². The van der Waals surface area contributed by atoms with Crippen molar-refractivity contribution in [3.8, 4) is 11.8 Å². The standard InChI is InChI=1S/C24H13ClI2N2O3S/c25-17-6-3-7-19(10-17)29-23(30)21(33-24(29)31)9-16-8-18(26)11-20(27)22(16)32-13-15-5-2-1-4-14(15)12-28/h1-11H,13H2/b21-9+. The highest BCUT2D eigenvalue weighted by Crippen LogP contribution is 2.39. The van der Waals surface area contributed by atoms with Crippen LogP contribution in [0, 0.1) is 18.5 Å². The number of anilines is 1. The van der Waals surface area contributed by atoms with Crippen LogP contribution >= 0.6 is 68.5 Å². The molecule has 0 aliphatic carbocycles. The van der Waals surface area contributed by atoms with E-state index in [1.165, 1.54) is 0 Å². The molecular formula is C24H13ClI2N2O3S. The third kappa shape index (κ3) is 5.37. The molecule has 33 heavy (non-hydrogen) atoms. The zero-order chi connectivity index (χ0) is 23.5. The summed E-state index contributed by atoms with van der Waals surface area (Å²) in [5, 5.41) is 9.39. The fourth-order valence-electron chi connectivity index (χ4n) is 3.19. The van der Waals surface area contributed by atoms with Crippen molar-refractivity contribution >= 4 is 91.5 Å². The maximum Gasteiger partial charge on any atom is 0.298 e. The molecule has 0 radical (unpaired) electrons. The van der Waals surface area contributed by atoms with Gasteiger partial charge in [0.1, 0.15) is 12.4 Å². The summed E-state index contributed by atoms with van der Waals surface area (Å²) < 4.78 is 7.92. The van der Waals surface area contributed by atoms with Gasteiger partial charge in [0.05, 0.1) is 25.8 Å². The van der Waals surface area contributed by atoms with Crippen LogP contribution in [0.5, 0.6) is 5.75 Å². The van der Waals surface area contributed by atoms with E-state index in [-0.39, 0.29) is 11.8 Å². The summed E-state index contributed by atoms with van der Waals surface area (Å²) in [6, 6.07) is 19.9. The lowest BCUT2D eigenvalue weighted by Crippen LogP contribution is -2.27. The number of amides is 2. The highest BCUT2D eigenvalue weighted by molar-refractivity contribution is 14.1. The Morgan fingerprint density at radius 3 is 2.64 bits per heavy atom. The smallest absolute Gasteiger partial charge is 0.298 e. The van der Waals surface area contributed by atoms with Crippen molar-refractivity contribution in [2.75, 3.05) is 4.90 Å². The van der Waals surface area contributed by atoms with Gasteiger partial charge in [-0.05, 0) is 99.4 Å². The summed E-state index contributed by atoms with van der Waals surface area (Å²) in [5.41, 5.74) is 2.41. The van der Waals surface area contributed by atoms with E-state index in [4.69, 9.17) is 16.3 Å². The molecule has 3 aromatic carbocycles. The van der Waals surface area contributed by atoms with E-state index in [1.54, 1.807) is 42.5 Å². The Balaban J connectivity index is 1.67. The zero-order valence-corrected chi connectivity index (χ0v) is 22.6. The number of carbonyl (C=O) groups excluding carboxylic acids is 2. The van der Waals surface area contributed by atoms with Crippen LogP contribution in [0.25, 0.3) is 6.08 Å². The Morgan fingerprint density at radius 1 is 1.09 bits per heavy atom. The molecule has 1 aliphatic rings. The molecule has 2 amide bonds. The SMILES string of the molecule is N#Cc1ccccc1COc1c(I)cc(I)cc1/C=C1/SC(=O)N(c2cccc(Cl)c2)C1=O. The topological polar surface area (TPSA) is 70.4 Å². The highest BCUT2D eigenvalue weighted by Gasteiger charge is 2.36. The quantitative estimate of drug-likeness (QED) is 0.208. The molecule has 5 nitrogen and oxygen atoms in total. The van der Waals surface area contributed by atoms with Crippen molar-refractivity contribution in [2.45, 2.75) is 6.61 Å². The first kappa shape index (κ1) is 24.1. The second-order valence-corrected chi connectivity index (χ2v) is 10.7. The number of carbonyl (C=O) groups is 2. The number of imide groups is 1. The van der Waals surface area contributed by atoms with Crippen molar-refractivity contribution in [3.63, 3.8) is 0 Å². The van der Waals surface area contributed by atoms with Crippen LogP contribution in [0.15, 0.2) is 65.6 Å². The Bertz CT molecular complexity index is 1350. The summed E-state index contributed by atoms with van der Waals surface area (Å²) in [6.07, 6.45) is 1.67. The minimum atomic E-state index is -0.415. The summed E-state index contributed by atoms with van der Waals surface area (Å²) in [6.45, 7) is 0.200. The average molecular weight is 699 g/mol. The number of halogens is 3. The van der Waals surface area contributed by atoms with Gasteiger partial charge in [-0.15, -0.1) is 0 Å². The molecule has 0 saturated carbocycles. The van der Waals surface area contributed by atoms with Gasteiger partial charge in [-0.2, -0.15) is 5.26 Å². The number of rotatable bonds is 5. The predicted molar refractivity (Wildman–Crippen MR) is 147 cm³/mol. The second kappa shape index (κ2) is 10.5. The van der Waals surface area contributed by atoms with Crippen molar-refractivity contribution in [1.82, 2.24) is 0 Å². The highest BCUT2D eigenvalue weighted by atomic mass is 127. The summed E-state index contributed by atoms with van der Waals surface area (Å²) in [7, 11) is 0. The molecule has 9 heteroatoms. The number of hydrogen-bond donors (Lipinski definition) is 0. The first-order valence-corrected chi connectivity index (χ1v) is 12.9. The maximum atomic E-state index is 13.1. The predicted octanol–water partition coefficient (Wildman–Crippen LogP) is 7.24. The summed E-state index contributed by atoms with van der Waals surface area (Å²) >= 11 is 11.3. The fraction of sp³-hybridized carbons (Fsp3) is 0.0417. The van der Waals surface area contributed by atoms with Crippen LogP contribution in [0.2, 0.25) is 5.02 Å². The van der Waals surface area contributed by atoms with Gasteiger partial charge in [-0.25, -0.2) is 4.90 Å². The van der Waals surface area contributed by atoms with Crippen molar-refractivity contribution < 1.29 is 14.3 Å². The molecule has 4 rings (SSSR count). The van der Waals surface area contributed by atoms with E-state index in [1.807, 2.05) is 24.3 Å². The molecule has 1 aliphatic heterocycles. The summed E-state index contributed by atoms with van der Waals surface area (Å²) in [5.74, 6) is 0.167. The molecule has 0 spiro atoms. The largest absolute Gasteiger partial charge is 0.487 e. The number of nitrogens with zero attached hydrogens (tertiary/aromatic N) is 2. The minimum absolute atomic E-state index is 0.200. The second-order valence-electron chi connectivity index (χ2n) is 6.86. The number of ether oxygens (including phenoxy) is 1. The Labute approximate surface area is 227 Å². The molecule has 0 atom stereocenters. The number of benzene rings is 3. The third-order valence-electron chi connectivity index (χ3n) is 4.69. The average Bonchev–Trinajstić information content (AvgIpc) is 3.06. The molecule has 3 aromatic rings. The first-order valence-electron chi connectivity index (χ1n) is 9.50. The van der Waals surface area contributed by atoms with Crippen LogP contribution < -0.4 is 9.64 Å². The van der Waals surface area contributed by atoms with E-state index >= 15 is 0 Å². The van der Waals surface area contributed by atoms with Crippen molar-refractivity contribution in [1.29, 1.82) is 5.26 Å². The lowest BCUT2D eigenvalue weighted by atomic mass is 10.1. The summed E-state index contributed by atoms with van der Waals surface area (Å²) in [4.78, 5) is 27.1. The molecule has 1 saturated heterocycles. The molecule has 0 N–H and O–H groups in total. The van der Waals surface area contributed by atoms with Crippen LogP contribution in [-0.2, 0) is 11.4 Å². The molecule has 0 aromatic heterocycles. The van der Waals surface area contributed by atoms with E-state index in [0.717, 1.165) is 29.4 Å². The zero-order valence-electron chi connectivity index (χ0n) is 16.7. The lowest BCUT2D eigenvalue weighted by Gasteiger charge is -2.14. The molecule has 164 valence electrons. The monoisotopic (exact) mass is 698 g/mol.